The lowest BCUT2D eigenvalue weighted by atomic mass is 9.98. The number of nitrogens with two attached hydrogens (primary N) is 1. The summed E-state index contributed by atoms with van der Waals surface area (Å²) in [6.45, 7) is 3.13. The first-order valence-electron chi connectivity index (χ1n) is 5.03. The van der Waals surface area contributed by atoms with E-state index in [1.165, 1.54) is 0 Å². The Morgan fingerprint density at radius 2 is 2.36 bits per heavy atom. The minimum absolute atomic E-state index is 0.143. The normalized spacial score (nSPS) is 27.6. The highest BCUT2D eigenvalue weighted by molar-refractivity contribution is 5.81. The number of hydrogen-bond donors (Lipinski definition) is 3. The summed E-state index contributed by atoms with van der Waals surface area (Å²) in [7, 11) is 0. The van der Waals surface area contributed by atoms with Gasteiger partial charge in [-0.25, -0.2) is 0 Å². The van der Waals surface area contributed by atoms with Gasteiger partial charge in [0.05, 0.1) is 12.6 Å². The predicted octanol–water partition coefficient (Wildman–Crippen LogP) is -0.0319. The lowest BCUT2D eigenvalue weighted by Crippen LogP contribution is -2.49. The van der Waals surface area contributed by atoms with Crippen LogP contribution in [0.15, 0.2) is 5.16 Å². The van der Waals surface area contributed by atoms with Gasteiger partial charge in [-0.1, -0.05) is 11.6 Å². The predicted molar refractivity (Wildman–Crippen MR) is 54.3 cm³/mol. The lowest BCUT2D eigenvalue weighted by molar-refractivity contribution is 0.0457. The molecule has 82 valence electrons. The smallest absolute Gasteiger partial charge is 0.153 e. The third-order valence-corrected chi connectivity index (χ3v) is 2.71. The Hall–Kier alpha value is -0.810. The molecule has 0 bridgehead atoms. The van der Waals surface area contributed by atoms with Gasteiger partial charge < -0.3 is 16.0 Å². The molecule has 0 aromatic carbocycles. The van der Waals surface area contributed by atoms with Gasteiger partial charge in [0, 0.05) is 6.04 Å². The zero-order chi connectivity index (χ0) is 10.6. The number of hydrogen-bond acceptors (Lipinski definition) is 4. The molecule has 1 rings (SSSR count). The highest BCUT2D eigenvalue weighted by atomic mass is 16.4. The Bertz CT molecular complexity index is 206. The van der Waals surface area contributed by atoms with Crippen LogP contribution in [0.2, 0.25) is 0 Å². The second-order valence-corrected chi connectivity index (χ2v) is 3.87. The quantitative estimate of drug-likeness (QED) is 0.259. The summed E-state index contributed by atoms with van der Waals surface area (Å²) >= 11 is 0. The third kappa shape index (κ3) is 2.85. The van der Waals surface area contributed by atoms with Crippen LogP contribution in [0.3, 0.4) is 0 Å². The molecule has 0 aromatic rings. The van der Waals surface area contributed by atoms with Crippen molar-refractivity contribution in [3.05, 3.63) is 0 Å². The van der Waals surface area contributed by atoms with E-state index < -0.39 is 0 Å². The molecule has 4 N–H and O–H groups in total. The number of piperidine rings is 1. The molecular weight excluding hydrogens is 182 g/mol. The molecule has 1 fully saturated rings. The van der Waals surface area contributed by atoms with E-state index in [9.17, 15) is 5.11 Å². The van der Waals surface area contributed by atoms with Gasteiger partial charge in [-0.2, -0.15) is 0 Å². The van der Waals surface area contributed by atoms with Crippen molar-refractivity contribution < 1.29 is 10.3 Å². The van der Waals surface area contributed by atoms with Crippen LogP contribution in [0.5, 0.6) is 0 Å². The van der Waals surface area contributed by atoms with Crippen LogP contribution in [-0.2, 0) is 0 Å². The summed E-state index contributed by atoms with van der Waals surface area (Å²) < 4.78 is 0. The van der Waals surface area contributed by atoms with Gasteiger partial charge in [0.1, 0.15) is 0 Å². The minimum Gasteiger partial charge on any atom is -0.409 e. The molecule has 0 aliphatic carbocycles. The molecule has 2 atom stereocenters. The Morgan fingerprint density at radius 3 is 2.93 bits per heavy atom. The van der Waals surface area contributed by atoms with E-state index >= 15 is 0 Å². The van der Waals surface area contributed by atoms with E-state index in [2.05, 4.69) is 10.1 Å². The van der Waals surface area contributed by atoms with Crippen molar-refractivity contribution >= 4 is 5.84 Å². The number of nitrogens with zero attached hydrogens (tertiary/aromatic N) is 2. The van der Waals surface area contributed by atoms with Crippen LogP contribution in [0, 0.1) is 0 Å². The molecule has 1 saturated heterocycles. The van der Waals surface area contributed by atoms with Gasteiger partial charge in [-0.3, -0.25) is 4.90 Å². The fourth-order valence-electron chi connectivity index (χ4n) is 2.00. The van der Waals surface area contributed by atoms with Gasteiger partial charge in [-0.05, 0) is 26.3 Å². The maximum atomic E-state index is 9.55. The van der Waals surface area contributed by atoms with Crippen molar-refractivity contribution in [2.75, 3.05) is 13.1 Å². The first-order chi connectivity index (χ1) is 6.65. The molecule has 0 radical (unpaired) electrons. The molecule has 14 heavy (non-hydrogen) atoms. The second kappa shape index (κ2) is 5.17. The summed E-state index contributed by atoms with van der Waals surface area (Å²) in [6.07, 6.45) is 2.88. The average Bonchev–Trinajstić information content (AvgIpc) is 2.18. The van der Waals surface area contributed by atoms with Crippen LogP contribution >= 0.6 is 0 Å². The summed E-state index contributed by atoms with van der Waals surface area (Å²) in [4.78, 5) is 2.07. The fraction of sp³-hybridized carbons (Fsp3) is 0.889. The molecule has 0 saturated carbocycles. The second-order valence-electron chi connectivity index (χ2n) is 3.87. The highest BCUT2D eigenvalue weighted by Crippen LogP contribution is 2.19. The first kappa shape index (κ1) is 11.3. The van der Waals surface area contributed by atoms with E-state index in [0.717, 1.165) is 25.8 Å². The maximum Gasteiger partial charge on any atom is 0.153 e. The van der Waals surface area contributed by atoms with E-state index in [1.807, 2.05) is 0 Å². The van der Waals surface area contributed by atoms with Crippen molar-refractivity contribution in [1.82, 2.24) is 4.90 Å². The monoisotopic (exact) mass is 201 g/mol. The Morgan fingerprint density at radius 1 is 1.64 bits per heavy atom. The number of likely N-dealkylation sites (tertiary alicyclic amines) is 1. The molecule has 0 aromatic heterocycles. The van der Waals surface area contributed by atoms with Crippen molar-refractivity contribution in [2.45, 2.75) is 38.3 Å². The van der Waals surface area contributed by atoms with Crippen molar-refractivity contribution in [3.8, 4) is 0 Å². The molecule has 1 heterocycles. The van der Waals surface area contributed by atoms with Crippen LogP contribution in [0.4, 0.5) is 0 Å². The van der Waals surface area contributed by atoms with E-state index in [4.69, 9.17) is 10.9 Å². The average molecular weight is 201 g/mol. The Balaban J connectivity index is 2.54. The van der Waals surface area contributed by atoms with E-state index in [1.54, 1.807) is 6.92 Å². The molecule has 1 aliphatic heterocycles. The van der Waals surface area contributed by atoms with Crippen LogP contribution < -0.4 is 5.73 Å². The molecule has 0 spiro atoms. The fourth-order valence-corrected chi connectivity index (χ4v) is 2.00. The van der Waals surface area contributed by atoms with Gasteiger partial charge in [-0.15, -0.1) is 0 Å². The maximum absolute atomic E-state index is 9.55. The SMILES string of the molecule is C[C@@H](O)[C@H]1CCCCN1CC(N)=NO. The summed E-state index contributed by atoms with van der Waals surface area (Å²) in [6, 6.07) is 0.143. The number of oxime groups is 1. The van der Waals surface area contributed by atoms with Crippen LogP contribution in [0.25, 0.3) is 0 Å². The van der Waals surface area contributed by atoms with E-state index in [-0.39, 0.29) is 18.0 Å². The summed E-state index contributed by atoms with van der Waals surface area (Å²) in [5, 5.41) is 21.0. The van der Waals surface area contributed by atoms with Crippen molar-refractivity contribution in [1.29, 1.82) is 0 Å². The molecule has 5 heteroatoms. The number of rotatable bonds is 3. The summed E-state index contributed by atoms with van der Waals surface area (Å²) in [5.41, 5.74) is 5.44. The molecule has 1 aliphatic rings. The van der Waals surface area contributed by atoms with E-state index in [0.29, 0.717) is 6.54 Å². The zero-order valence-corrected chi connectivity index (χ0v) is 8.56. The Kier molecular flexibility index (Phi) is 4.16. The summed E-state index contributed by atoms with van der Waals surface area (Å²) in [5.74, 6) is 0.206. The molecule has 5 nitrogen and oxygen atoms in total. The van der Waals surface area contributed by atoms with Crippen molar-refractivity contribution in [2.24, 2.45) is 10.9 Å². The molecule has 0 unspecified atom stereocenters. The molecule has 0 amide bonds. The van der Waals surface area contributed by atoms with Gasteiger partial charge in [0.25, 0.3) is 0 Å². The highest BCUT2D eigenvalue weighted by Gasteiger charge is 2.26. The van der Waals surface area contributed by atoms with Crippen molar-refractivity contribution in [3.63, 3.8) is 0 Å². The third-order valence-electron chi connectivity index (χ3n) is 2.71. The van der Waals surface area contributed by atoms with Crippen LogP contribution in [0.1, 0.15) is 26.2 Å². The zero-order valence-electron chi connectivity index (χ0n) is 8.56. The number of amidine groups is 1. The van der Waals surface area contributed by atoms with Crippen LogP contribution in [-0.4, -0.2) is 46.3 Å². The van der Waals surface area contributed by atoms with Gasteiger partial charge in [0.2, 0.25) is 0 Å². The van der Waals surface area contributed by atoms with Gasteiger partial charge in [0.15, 0.2) is 5.84 Å². The number of aliphatic hydroxyl groups excluding tert-OH is 1. The topological polar surface area (TPSA) is 82.1 Å². The lowest BCUT2D eigenvalue weighted by Gasteiger charge is -2.36. The molecular formula is C9H19N3O2. The number of aliphatic hydroxyl groups is 1. The van der Waals surface area contributed by atoms with Gasteiger partial charge >= 0.3 is 0 Å². The standard InChI is InChI=1S/C9H19N3O2/c1-7(13)8-4-2-3-5-12(8)6-9(10)11-14/h7-8,13-14H,2-6H2,1H3,(H2,10,11)/t7-,8-/m1/s1. The largest absolute Gasteiger partial charge is 0.409 e. The Labute approximate surface area is 84.2 Å². The minimum atomic E-state index is -0.359. The first-order valence-corrected chi connectivity index (χ1v) is 5.03.